The zero-order chi connectivity index (χ0) is 13.4. The first-order chi connectivity index (χ1) is 8.54. The van der Waals surface area contributed by atoms with Crippen LogP contribution in [0.1, 0.15) is 57.0 Å². The van der Waals surface area contributed by atoms with Gasteiger partial charge in [0, 0.05) is 11.9 Å². The zero-order valence-electron chi connectivity index (χ0n) is 10.6. The van der Waals surface area contributed by atoms with E-state index in [4.69, 9.17) is 0 Å². The van der Waals surface area contributed by atoms with E-state index >= 15 is 0 Å². The summed E-state index contributed by atoms with van der Waals surface area (Å²) in [6.45, 7) is 2.15. The molecular weight excluding hydrogens is 241 g/mol. The summed E-state index contributed by atoms with van der Waals surface area (Å²) in [4.78, 5) is 6.79. The number of halogens is 3. The first-order valence-electron chi connectivity index (χ1n) is 6.43. The number of aryl methyl sites for hydroxylation is 1. The van der Waals surface area contributed by atoms with Crippen LogP contribution in [0.15, 0.2) is 12.3 Å². The third kappa shape index (κ3) is 5.47. The van der Waals surface area contributed by atoms with Crippen molar-refractivity contribution in [3.05, 3.63) is 23.8 Å². The van der Waals surface area contributed by atoms with Crippen molar-refractivity contribution in [2.24, 2.45) is 0 Å². The molecule has 0 amide bonds. The molecule has 0 saturated heterocycles. The van der Waals surface area contributed by atoms with Gasteiger partial charge in [0.25, 0.3) is 0 Å². The highest BCUT2D eigenvalue weighted by atomic mass is 19.4. The molecule has 1 heterocycles. The summed E-state index contributed by atoms with van der Waals surface area (Å²) >= 11 is 0. The molecule has 0 radical (unpaired) electrons. The Bertz CT molecular complexity index is 350. The van der Waals surface area contributed by atoms with Gasteiger partial charge >= 0.3 is 6.18 Å². The lowest BCUT2D eigenvalue weighted by molar-refractivity contribution is -0.145. The van der Waals surface area contributed by atoms with Crippen molar-refractivity contribution in [3.8, 4) is 0 Å². The lowest BCUT2D eigenvalue weighted by atomic mass is 10.1. The fraction of sp³-hybridized carbons (Fsp3) is 0.692. The van der Waals surface area contributed by atoms with Crippen LogP contribution in [-0.4, -0.2) is 9.97 Å². The van der Waals surface area contributed by atoms with E-state index in [-0.39, 0.29) is 0 Å². The number of nitrogens with zero attached hydrogens (tertiary/aromatic N) is 2. The molecule has 2 nitrogen and oxygen atoms in total. The molecule has 0 unspecified atom stereocenters. The first-order valence-corrected chi connectivity index (χ1v) is 6.43. The van der Waals surface area contributed by atoms with E-state index in [1.807, 2.05) is 0 Å². The SMILES string of the molecule is CCCCCCCCc1ccnc(C(F)(F)F)n1. The number of rotatable bonds is 7. The smallest absolute Gasteiger partial charge is 0.233 e. The quantitative estimate of drug-likeness (QED) is 0.679. The van der Waals surface area contributed by atoms with E-state index in [9.17, 15) is 13.2 Å². The highest BCUT2D eigenvalue weighted by molar-refractivity contribution is 5.04. The van der Waals surface area contributed by atoms with Gasteiger partial charge in [-0.2, -0.15) is 13.2 Å². The molecule has 0 bridgehead atoms. The van der Waals surface area contributed by atoms with Crippen LogP contribution in [0.5, 0.6) is 0 Å². The normalized spacial score (nSPS) is 11.8. The third-order valence-electron chi connectivity index (χ3n) is 2.75. The summed E-state index contributed by atoms with van der Waals surface area (Å²) in [7, 11) is 0. The molecule has 0 aliphatic heterocycles. The summed E-state index contributed by atoms with van der Waals surface area (Å²) in [5, 5.41) is 0. The largest absolute Gasteiger partial charge is 0.451 e. The van der Waals surface area contributed by atoms with Gasteiger partial charge in [-0.3, -0.25) is 0 Å². The number of hydrogen-bond donors (Lipinski definition) is 0. The number of unbranched alkanes of at least 4 members (excludes halogenated alkanes) is 5. The topological polar surface area (TPSA) is 25.8 Å². The molecular formula is C13H19F3N2. The monoisotopic (exact) mass is 260 g/mol. The summed E-state index contributed by atoms with van der Waals surface area (Å²) in [5.74, 6) is -1.04. The van der Waals surface area contributed by atoms with Gasteiger partial charge in [-0.05, 0) is 18.9 Å². The Balaban J connectivity index is 2.34. The molecule has 5 heteroatoms. The molecule has 0 fully saturated rings. The van der Waals surface area contributed by atoms with Crippen LogP contribution in [0.2, 0.25) is 0 Å². The van der Waals surface area contributed by atoms with Crippen molar-refractivity contribution in [3.63, 3.8) is 0 Å². The molecule has 0 saturated carbocycles. The standard InChI is InChI=1S/C13H19F3N2/c1-2-3-4-5-6-7-8-11-9-10-17-12(18-11)13(14,15)16/h9-10H,2-8H2,1H3. The minimum atomic E-state index is -4.45. The number of alkyl halides is 3. The van der Waals surface area contributed by atoms with Gasteiger partial charge in [0.15, 0.2) is 0 Å². The number of aromatic nitrogens is 2. The maximum absolute atomic E-state index is 12.4. The van der Waals surface area contributed by atoms with Gasteiger partial charge in [-0.15, -0.1) is 0 Å². The molecule has 0 aliphatic rings. The second kappa shape index (κ2) is 7.34. The van der Waals surface area contributed by atoms with Gasteiger partial charge < -0.3 is 0 Å². The predicted molar refractivity (Wildman–Crippen MR) is 64.1 cm³/mol. The van der Waals surface area contributed by atoms with Crippen molar-refractivity contribution in [1.82, 2.24) is 9.97 Å². The average Bonchev–Trinajstić information content (AvgIpc) is 2.33. The van der Waals surface area contributed by atoms with Gasteiger partial charge in [0.2, 0.25) is 5.82 Å². The summed E-state index contributed by atoms with van der Waals surface area (Å²) in [6.07, 6.45) is 4.03. The molecule has 0 spiro atoms. The summed E-state index contributed by atoms with van der Waals surface area (Å²) in [6, 6.07) is 1.56. The van der Waals surface area contributed by atoms with E-state index in [0.717, 1.165) is 19.3 Å². The molecule has 0 aromatic carbocycles. The second-order valence-electron chi connectivity index (χ2n) is 4.39. The Kier molecular flexibility index (Phi) is 6.09. The Morgan fingerprint density at radius 3 is 2.39 bits per heavy atom. The molecule has 0 atom stereocenters. The molecule has 1 aromatic rings. The molecule has 1 rings (SSSR count). The van der Waals surface area contributed by atoms with E-state index in [1.54, 1.807) is 6.07 Å². The van der Waals surface area contributed by atoms with Crippen LogP contribution in [0, 0.1) is 0 Å². The highest BCUT2D eigenvalue weighted by Crippen LogP contribution is 2.25. The molecule has 18 heavy (non-hydrogen) atoms. The van der Waals surface area contributed by atoms with Gasteiger partial charge in [-0.1, -0.05) is 39.0 Å². The molecule has 0 aliphatic carbocycles. The van der Waals surface area contributed by atoms with Crippen molar-refractivity contribution in [1.29, 1.82) is 0 Å². The Hall–Kier alpha value is -1.13. The fourth-order valence-corrected chi connectivity index (χ4v) is 1.76. The van der Waals surface area contributed by atoms with Crippen molar-refractivity contribution in [2.75, 3.05) is 0 Å². The summed E-state index contributed by atoms with van der Waals surface area (Å²) in [5.41, 5.74) is 0.479. The summed E-state index contributed by atoms with van der Waals surface area (Å²) < 4.78 is 37.1. The van der Waals surface area contributed by atoms with Crippen LogP contribution in [0.25, 0.3) is 0 Å². The van der Waals surface area contributed by atoms with E-state index < -0.39 is 12.0 Å². The lowest BCUT2D eigenvalue weighted by Gasteiger charge is -2.06. The first kappa shape index (κ1) is 14.9. The van der Waals surface area contributed by atoms with E-state index in [1.165, 1.54) is 25.5 Å². The van der Waals surface area contributed by atoms with Crippen LogP contribution in [0.4, 0.5) is 13.2 Å². The fourth-order valence-electron chi connectivity index (χ4n) is 1.76. The van der Waals surface area contributed by atoms with Gasteiger partial charge in [-0.25, -0.2) is 9.97 Å². The van der Waals surface area contributed by atoms with Gasteiger partial charge in [0.1, 0.15) is 0 Å². The van der Waals surface area contributed by atoms with Crippen molar-refractivity contribution < 1.29 is 13.2 Å². The molecule has 1 aromatic heterocycles. The Labute approximate surface area is 106 Å². The number of hydrogen-bond acceptors (Lipinski definition) is 2. The van der Waals surface area contributed by atoms with Crippen LogP contribution in [-0.2, 0) is 12.6 Å². The van der Waals surface area contributed by atoms with Crippen LogP contribution < -0.4 is 0 Å². The maximum atomic E-state index is 12.4. The maximum Gasteiger partial charge on any atom is 0.451 e. The average molecular weight is 260 g/mol. The Morgan fingerprint density at radius 1 is 1.06 bits per heavy atom. The van der Waals surface area contributed by atoms with Crippen molar-refractivity contribution >= 4 is 0 Å². The molecule has 102 valence electrons. The minimum Gasteiger partial charge on any atom is -0.233 e. The zero-order valence-corrected chi connectivity index (χ0v) is 10.6. The third-order valence-corrected chi connectivity index (χ3v) is 2.75. The van der Waals surface area contributed by atoms with Gasteiger partial charge in [0.05, 0.1) is 0 Å². The van der Waals surface area contributed by atoms with E-state index in [2.05, 4.69) is 16.9 Å². The molecule has 0 N–H and O–H groups in total. The lowest BCUT2D eigenvalue weighted by Crippen LogP contribution is -2.11. The van der Waals surface area contributed by atoms with Crippen LogP contribution >= 0.6 is 0 Å². The van der Waals surface area contributed by atoms with E-state index in [0.29, 0.717) is 12.1 Å². The second-order valence-corrected chi connectivity index (χ2v) is 4.39. The minimum absolute atomic E-state index is 0.479. The van der Waals surface area contributed by atoms with Crippen molar-refractivity contribution in [2.45, 2.75) is 58.0 Å². The Morgan fingerprint density at radius 2 is 1.72 bits per heavy atom. The predicted octanol–water partition coefficient (Wildman–Crippen LogP) is 4.40. The highest BCUT2D eigenvalue weighted by Gasteiger charge is 2.34. The van der Waals surface area contributed by atoms with Crippen LogP contribution in [0.3, 0.4) is 0 Å².